The van der Waals surface area contributed by atoms with Crippen molar-refractivity contribution >= 4 is 9.84 Å². The smallest absolute Gasteiger partial charge is 0.182 e. The normalized spacial score (nSPS) is 11.6. The fourth-order valence-corrected chi connectivity index (χ4v) is 4.01. The molecule has 0 aliphatic carbocycles. The van der Waals surface area contributed by atoms with Gasteiger partial charge in [-0.2, -0.15) is 0 Å². The summed E-state index contributed by atoms with van der Waals surface area (Å²) in [6.45, 7) is 3.77. The van der Waals surface area contributed by atoms with Gasteiger partial charge in [0.2, 0.25) is 0 Å². The van der Waals surface area contributed by atoms with Crippen LogP contribution in [0.5, 0.6) is 0 Å². The second-order valence-corrected chi connectivity index (χ2v) is 7.10. The highest BCUT2D eigenvalue weighted by atomic mass is 32.2. The standard InChI is InChI=1S/C16H18FNO2S/c1-11-3-4-12(2)16(7-11)21(19,20)10-14-8-15(17)6-5-13(14)9-18/h3-8H,9-10,18H2,1-2H3. The minimum atomic E-state index is -3.54. The van der Waals surface area contributed by atoms with Gasteiger partial charge in [-0.05, 0) is 54.3 Å². The number of aryl methyl sites for hydroxylation is 2. The van der Waals surface area contributed by atoms with E-state index in [1.165, 1.54) is 18.2 Å². The molecule has 112 valence electrons. The summed E-state index contributed by atoms with van der Waals surface area (Å²) in [5.41, 5.74) is 8.21. The Hall–Kier alpha value is -1.72. The van der Waals surface area contributed by atoms with Crippen LogP contribution in [-0.4, -0.2) is 8.42 Å². The molecule has 3 nitrogen and oxygen atoms in total. The summed E-state index contributed by atoms with van der Waals surface area (Å²) in [5, 5.41) is 0. The van der Waals surface area contributed by atoms with Crippen molar-refractivity contribution in [1.29, 1.82) is 0 Å². The molecule has 0 aliphatic heterocycles. The highest BCUT2D eigenvalue weighted by Crippen LogP contribution is 2.23. The molecular weight excluding hydrogens is 289 g/mol. The van der Waals surface area contributed by atoms with Gasteiger partial charge in [-0.3, -0.25) is 0 Å². The Labute approximate surface area is 124 Å². The SMILES string of the molecule is Cc1ccc(C)c(S(=O)(=O)Cc2cc(F)ccc2CN)c1. The van der Waals surface area contributed by atoms with Crippen molar-refractivity contribution in [3.63, 3.8) is 0 Å². The number of benzene rings is 2. The van der Waals surface area contributed by atoms with Crippen LogP contribution < -0.4 is 5.73 Å². The zero-order valence-corrected chi connectivity index (χ0v) is 12.9. The average molecular weight is 307 g/mol. The van der Waals surface area contributed by atoms with E-state index >= 15 is 0 Å². The first-order valence-corrected chi connectivity index (χ1v) is 8.26. The van der Waals surface area contributed by atoms with Crippen molar-refractivity contribution in [1.82, 2.24) is 0 Å². The van der Waals surface area contributed by atoms with Crippen molar-refractivity contribution < 1.29 is 12.8 Å². The van der Waals surface area contributed by atoms with Crippen LogP contribution in [0.4, 0.5) is 4.39 Å². The summed E-state index contributed by atoms with van der Waals surface area (Å²) < 4.78 is 38.6. The molecule has 5 heteroatoms. The fraction of sp³-hybridized carbons (Fsp3) is 0.250. The van der Waals surface area contributed by atoms with Gasteiger partial charge < -0.3 is 5.73 Å². The van der Waals surface area contributed by atoms with E-state index in [2.05, 4.69) is 0 Å². The molecule has 2 aromatic carbocycles. The van der Waals surface area contributed by atoms with Gasteiger partial charge in [0.1, 0.15) is 5.82 Å². The monoisotopic (exact) mass is 307 g/mol. The van der Waals surface area contributed by atoms with E-state index in [0.29, 0.717) is 16.7 Å². The number of nitrogens with two attached hydrogens (primary N) is 1. The number of rotatable bonds is 4. The zero-order valence-electron chi connectivity index (χ0n) is 12.1. The van der Waals surface area contributed by atoms with Crippen LogP contribution in [0, 0.1) is 19.7 Å². The molecule has 0 unspecified atom stereocenters. The molecule has 2 rings (SSSR count). The van der Waals surface area contributed by atoms with Gasteiger partial charge >= 0.3 is 0 Å². The van der Waals surface area contributed by atoms with Crippen molar-refractivity contribution in [2.45, 2.75) is 31.0 Å². The maximum atomic E-state index is 13.4. The van der Waals surface area contributed by atoms with Gasteiger partial charge in [0.15, 0.2) is 9.84 Å². The Kier molecular flexibility index (Phi) is 4.44. The van der Waals surface area contributed by atoms with Crippen LogP contribution in [0.3, 0.4) is 0 Å². The maximum Gasteiger partial charge on any atom is 0.182 e. The molecule has 0 aliphatic rings. The number of hydrogen-bond acceptors (Lipinski definition) is 3. The molecule has 0 saturated heterocycles. The van der Waals surface area contributed by atoms with Crippen LogP contribution in [0.2, 0.25) is 0 Å². The predicted octanol–water partition coefficient (Wildman–Crippen LogP) is 2.88. The Morgan fingerprint density at radius 2 is 1.76 bits per heavy atom. The van der Waals surface area contributed by atoms with Crippen molar-refractivity contribution in [2.24, 2.45) is 5.73 Å². The number of hydrogen-bond donors (Lipinski definition) is 1. The topological polar surface area (TPSA) is 60.2 Å². The Balaban J connectivity index is 2.47. The molecule has 0 spiro atoms. The van der Waals surface area contributed by atoms with Crippen LogP contribution in [0.25, 0.3) is 0 Å². The lowest BCUT2D eigenvalue weighted by Gasteiger charge is -2.11. The van der Waals surface area contributed by atoms with Crippen LogP contribution >= 0.6 is 0 Å². The summed E-state index contributed by atoms with van der Waals surface area (Å²) >= 11 is 0. The first kappa shape index (κ1) is 15.7. The molecule has 0 atom stereocenters. The highest BCUT2D eigenvalue weighted by molar-refractivity contribution is 7.90. The Morgan fingerprint density at radius 1 is 1.05 bits per heavy atom. The van der Waals surface area contributed by atoms with Gasteiger partial charge in [-0.1, -0.05) is 18.2 Å². The van der Waals surface area contributed by atoms with Gasteiger partial charge in [0.25, 0.3) is 0 Å². The lowest BCUT2D eigenvalue weighted by molar-refractivity contribution is 0.593. The second-order valence-electron chi connectivity index (χ2n) is 5.15. The summed E-state index contributed by atoms with van der Waals surface area (Å²) in [5.74, 6) is -0.708. The molecule has 0 amide bonds. The van der Waals surface area contributed by atoms with E-state index in [9.17, 15) is 12.8 Å². The molecule has 0 aromatic heterocycles. The van der Waals surface area contributed by atoms with Crippen molar-refractivity contribution in [3.8, 4) is 0 Å². The Morgan fingerprint density at radius 3 is 2.43 bits per heavy atom. The predicted molar refractivity (Wildman–Crippen MR) is 81.1 cm³/mol. The quantitative estimate of drug-likeness (QED) is 0.945. The van der Waals surface area contributed by atoms with Crippen molar-refractivity contribution in [2.75, 3.05) is 0 Å². The first-order chi connectivity index (χ1) is 9.83. The lowest BCUT2D eigenvalue weighted by Crippen LogP contribution is -2.11. The van der Waals surface area contributed by atoms with Gasteiger partial charge in [-0.25, -0.2) is 12.8 Å². The summed E-state index contributed by atoms with van der Waals surface area (Å²) in [4.78, 5) is 0.287. The highest BCUT2D eigenvalue weighted by Gasteiger charge is 2.19. The maximum absolute atomic E-state index is 13.4. The molecule has 0 bridgehead atoms. The van der Waals surface area contributed by atoms with E-state index in [4.69, 9.17) is 5.73 Å². The largest absolute Gasteiger partial charge is 0.326 e. The third kappa shape index (κ3) is 3.49. The molecule has 0 radical (unpaired) electrons. The minimum absolute atomic E-state index is 0.179. The zero-order chi connectivity index (χ0) is 15.6. The summed E-state index contributed by atoms with van der Waals surface area (Å²) in [6, 6.07) is 9.34. The Bertz CT molecular complexity index is 770. The van der Waals surface area contributed by atoms with E-state index in [0.717, 1.165) is 5.56 Å². The minimum Gasteiger partial charge on any atom is -0.326 e. The lowest BCUT2D eigenvalue weighted by atomic mass is 10.1. The van der Waals surface area contributed by atoms with Gasteiger partial charge in [0, 0.05) is 6.54 Å². The average Bonchev–Trinajstić information content (AvgIpc) is 2.41. The fourth-order valence-electron chi connectivity index (χ4n) is 2.25. The summed E-state index contributed by atoms with van der Waals surface area (Å²) in [7, 11) is -3.54. The van der Waals surface area contributed by atoms with E-state index in [-0.39, 0.29) is 17.2 Å². The molecule has 2 N–H and O–H groups in total. The molecular formula is C16H18FNO2S. The number of halogens is 1. The van der Waals surface area contributed by atoms with Crippen LogP contribution in [0.15, 0.2) is 41.3 Å². The molecule has 21 heavy (non-hydrogen) atoms. The number of sulfone groups is 1. The second kappa shape index (κ2) is 5.95. The van der Waals surface area contributed by atoms with Gasteiger partial charge in [0.05, 0.1) is 10.6 Å². The van der Waals surface area contributed by atoms with Crippen LogP contribution in [0.1, 0.15) is 22.3 Å². The van der Waals surface area contributed by atoms with Gasteiger partial charge in [-0.15, -0.1) is 0 Å². The third-order valence-corrected chi connectivity index (χ3v) is 5.21. The first-order valence-electron chi connectivity index (χ1n) is 6.61. The van der Waals surface area contributed by atoms with E-state index < -0.39 is 15.7 Å². The molecule has 0 fully saturated rings. The van der Waals surface area contributed by atoms with Crippen molar-refractivity contribution in [3.05, 3.63) is 64.5 Å². The van der Waals surface area contributed by atoms with E-state index in [1.807, 2.05) is 13.0 Å². The molecule has 0 saturated carbocycles. The van der Waals surface area contributed by atoms with E-state index in [1.54, 1.807) is 19.1 Å². The summed E-state index contributed by atoms with van der Waals surface area (Å²) in [6.07, 6.45) is 0. The third-order valence-electron chi connectivity index (χ3n) is 3.41. The van der Waals surface area contributed by atoms with Crippen LogP contribution in [-0.2, 0) is 22.1 Å². The molecule has 2 aromatic rings. The molecule has 0 heterocycles.